The zero-order chi connectivity index (χ0) is 41.6. The SMILES string of the molecule is Cn1nc(NC(=O)CBr)c2c(Cl)ccc(-c3ccc(C#CC(C)(C)O)nc3[C@H](Cc3cc(F)cc(F)c3)NC(=O)CNC3=C(C(=N)C(F)F)[C@H]4CC[C@H]4C3(F)F)c21. The normalized spacial score (nSPS) is 17.8. The van der Waals surface area contributed by atoms with Gasteiger partial charge in [0.25, 0.3) is 12.3 Å². The highest BCUT2D eigenvalue weighted by atomic mass is 79.9. The Hall–Kier alpha value is -4.92. The molecule has 6 rings (SSSR count). The first-order chi connectivity index (χ1) is 26.8. The average Bonchev–Trinajstić information content (AvgIpc) is 3.50. The molecule has 0 spiro atoms. The van der Waals surface area contributed by atoms with Gasteiger partial charge in [-0.3, -0.25) is 19.7 Å². The maximum Gasteiger partial charge on any atom is 0.290 e. The van der Waals surface area contributed by atoms with Crippen LogP contribution in [0.4, 0.5) is 32.2 Å². The van der Waals surface area contributed by atoms with Crippen molar-refractivity contribution in [2.45, 2.75) is 57.1 Å². The van der Waals surface area contributed by atoms with E-state index in [1.54, 1.807) is 25.2 Å². The Bertz CT molecular complexity index is 2370. The third-order valence-electron chi connectivity index (χ3n) is 9.70. The molecule has 1 fully saturated rings. The number of nitrogens with zero attached hydrogens (tertiary/aromatic N) is 3. The summed E-state index contributed by atoms with van der Waals surface area (Å²) < 4.78 is 88.9. The van der Waals surface area contributed by atoms with Gasteiger partial charge in [0, 0.05) is 35.7 Å². The summed E-state index contributed by atoms with van der Waals surface area (Å²) in [5.74, 6) is -3.44. The van der Waals surface area contributed by atoms with Crippen molar-refractivity contribution in [2.75, 3.05) is 17.2 Å². The summed E-state index contributed by atoms with van der Waals surface area (Å²) in [7, 11) is 1.60. The van der Waals surface area contributed by atoms with Gasteiger partial charge in [0.2, 0.25) is 11.8 Å². The quantitative estimate of drug-likeness (QED) is 0.0440. The minimum Gasteiger partial charge on any atom is -0.378 e. The molecule has 2 aromatic carbocycles. The molecule has 2 aliphatic rings. The number of allylic oxidation sites excluding steroid dienone is 2. The van der Waals surface area contributed by atoms with Gasteiger partial charge in [0.05, 0.1) is 45.2 Å². The number of aryl methyl sites for hydroxylation is 1. The largest absolute Gasteiger partial charge is 0.378 e. The van der Waals surface area contributed by atoms with E-state index in [1.165, 1.54) is 24.6 Å². The van der Waals surface area contributed by atoms with Gasteiger partial charge in [-0.2, -0.15) is 13.9 Å². The number of nitrogens with one attached hydrogen (secondary N) is 4. The fourth-order valence-electron chi connectivity index (χ4n) is 7.19. The number of amides is 2. The summed E-state index contributed by atoms with van der Waals surface area (Å²) in [6.45, 7) is 2.05. The van der Waals surface area contributed by atoms with Crippen molar-refractivity contribution in [1.29, 1.82) is 5.41 Å². The van der Waals surface area contributed by atoms with Crippen LogP contribution in [0.2, 0.25) is 5.02 Å². The predicted molar refractivity (Wildman–Crippen MR) is 205 cm³/mol. The van der Waals surface area contributed by atoms with Crippen molar-refractivity contribution in [2.24, 2.45) is 18.9 Å². The Morgan fingerprint density at radius 3 is 2.40 bits per heavy atom. The molecule has 2 heterocycles. The van der Waals surface area contributed by atoms with Crippen LogP contribution in [0.25, 0.3) is 22.0 Å². The molecule has 5 N–H and O–H groups in total. The summed E-state index contributed by atoms with van der Waals surface area (Å²) >= 11 is 9.74. The Morgan fingerprint density at radius 2 is 1.79 bits per heavy atom. The number of carbonyl (C=O) groups is 2. The third-order valence-corrected chi connectivity index (χ3v) is 10.5. The predicted octanol–water partition coefficient (Wildman–Crippen LogP) is 7.23. The van der Waals surface area contributed by atoms with Gasteiger partial charge >= 0.3 is 0 Å². The molecule has 0 bridgehead atoms. The lowest BCUT2D eigenvalue weighted by Crippen LogP contribution is -2.42. The Balaban J connectivity index is 1.48. The fraction of sp³-hybridized carbons (Fsp3) is 0.359. The van der Waals surface area contributed by atoms with Gasteiger partial charge in [0.1, 0.15) is 28.6 Å². The van der Waals surface area contributed by atoms with E-state index in [0.29, 0.717) is 28.1 Å². The van der Waals surface area contributed by atoms with Gasteiger partial charge in [0.15, 0.2) is 5.82 Å². The van der Waals surface area contributed by atoms with Gasteiger partial charge < -0.3 is 21.1 Å². The van der Waals surface area contributed by atoms with E-state index in [1.807, 2.05) is 0 Å². The molecule has 0 radical (unpaired) electrons. The molecule has 18 heteroatoms. The molecule has 3 atom stereocenters. The van der Waals surface area contributed by atoms with Crippen LogP contribution in [0.1, 0.15) is 49.7 Å². The van der Waals surface area contributed by atoms with Crippen molar-refractivity contribution in [1.82, 2.24) is 25.4 Å². The number of aliphatic hydroxyl groups is 1. The lowest BCUT2D eigenvalue weighted by Gasteiger charge is -2.35. The summed E-state index contributed by atoms with van der Waals surface area (Å²) in [5.41, 5.74) is -2.68. The Kier molecular flexibility index (Phi) is 11.8. The number of rotatable bonds is 12. The number of halogens is 8. The lowest BCUT2D eigenvalue weighted by molar-refractivity contribution is -0.121. The summed E-state index contributed by atoms with van der Waals surface area (Å²) in [4.78, 5) is 30.9. The standard InChI is InChI=1S/C39H35BrClF6N7O3/c1-38(2,57)11-10-21-4-5-22(23-7-9-26(41)31-34(23)54(3)53-37(31)52-28(55)16-40)33(50-21)27(14-18-12-19(42)15-20(43)13-18)51-29(56)17-49-35-30(32(48)36(44)45)24-6-8-25(24)39(35,46)47/h4-5,7,9,12-13,15,24-25,27,36,48-49,57H,6,8,14,16-17H2,1-3H3,(H,51,56)(H,52,53,55)/t24-,25+,27-/m0/s1. The number of alkyl halides is 5. The van der Waals surface area contributed by atoms with Crippen molar-refractivity contribution in [3.8, 4) is 23.0 Å². The topological polar surface area (TPSA) is 145 Å². The number of pyridine rings is 1. The Morgan fingerprint density at radius 1 is 1.11 bits per heavy atom. The molecule has 0 saturated heterocycles. The van der Waals surface area contributed by atoms with Gasteiger partial charge in [-0.05, 0) is 80.8 Å². The highest BCUT2D eigenvalue weighted by Crippen LogP contribution is 2.58. The molecule has 57 heavy (non-hydrogen) atoms. The molecule has 2 aromatic heterocycles. The van der Waals surface area contributed by atoms with Crippen molar-refractivity contribution in [3.05, 3.63) is 87.3 Å². The second-order valence-corrected chi connectivity index (χ2v) is 15.3. The first-order valence-corrected chi connectivity index (χ1v) is 19.0. The van der Waals surface area contributed by atoms with Crippen LogP contribution in [-0.2, 0) is 23.1 Å². The number of hydrogen-bond donors (Lipinski definition) is 5. The average molecular weight is 879 g/mol. The van der Waals surface area contributed by atoms with Crippen LogP contribution >= 0.6 is 27.5 Å². The summed E-state index contributed by atoms with van der Waals surface area (Å²) in [5, 5.41) is 30.9. The molecule has 300 valence electrons. The van der Waals surface area contributed by atoms with Crippen LogP contribution in [0.5, 0.6) is 0 Å². The first-order valence-electron chi connectivity index (χ1n) is 17.5. The molecule has 0 aliphatic heterocycles. The second-order valence-electron chi connectivity index (χ2n) is 14.3. The third kappa shape index (κ3) is 8.68. The van der Waals surface area contributed by atoms with Gasteiger partial charge in [-0.25, -0.2) is 22.5 Å². The lowest BCUT2D eigenvalue weighted by atomic mass is 9.71. The minimum absolute atomic E-state index is 0.0351. The number of anilines is 1. The Labute approximate surface area is 336 Å². The van der Waals surface area contributed by atoms with E-state index in [2.05, 4.69) is 48.8 Å². The molecule has 10 nitrogen and oxygen atoms in total. The minimum atomic E-state index is -3.60. The molecule has 2 amide bonds. The van der Waals surface area contributed by atoms with E-state index in [0.717, 1.165) is 12.1 Å². The molecule has 4 aromatic rings. The summed E-state index contributed by atoms with van der Waals surface area (Å²) in [6.07, 6.45) is -3.37. The van der Waals surface area contributed by atoms with E-state index < -0.39 is 82.8 Å². The van der Waals surface area contributed by atoms with Crippen LogP contribution in [0.3, 0.4) is 0 Å². The maximum absolute atomic E-state index is 15.5. The number of fused-ring (bicyclic) bond motifs is 2. The number of hydrogen-bond acceptors (Lipinski definition) is 7. The van der Waals surface area contributed by atoms with E-state index in [4.69, 9.17) is 22.0 Å². The zero-order valence-electron chi connectivity index (χ0n) is 30.5. The maximum atomic E-state index is 15.5. The van der Waals surface area contributed by atoms with Crippen molar-refractivity contribution >= 4 is 61.8 Å². The van der Waals surface area contributed by atoms with Gasteiger partial charge in [-0.15, -0.1) is 0 Å². The number of carbonyl (C=O) groups excluding carboxylic acids is 2. The fourth-order valence-corrected chi connectivity index (χ4v) is 7.57. The monoisotopic (exact) mass is 877 g/mol. The first kappa shape index (κ1) is 41.7. The number of benzene rings is 2. The molecular weight excluding hydrogens is 844 g/mol. The van der Waals surface area contributed by atoms with Gasteiger partial charge in [-0.1, -0.05) is 39.5 Å². The highest BCUT2D eigenvalue weighted by Gasteiger charge is 2.61. The second kappa shape index (κ2) is 16.1. The van der Waals surface area contributed by atoms with Crippen LogP contribution in [0.15, 0.2) is 53.7 Å². The summed E-state index contributed by atoms with van der Waals surface area (Å²) in [6, 6.07) is 7.80. The van der Waals surface area contributed by atoms with E-state index >= 15 is 8.78 Å². The molecule has 2 aliphatic carbocycles. The molecule has 0 unspecified atom stereocenters. The van der Waals surface area contributed by atoms with Crippen LogP contribution < -0.4 is 16.0 Å². The number of aromatic nitrogens is 3. The highest BCUT2D eigenvalue weighted by molar-refractivity contribution is 9.09. The van der Waals surface area contributed by atoms with E-state index in [9.17, 15) is 32.3 Å². The van der Waals surface area contributed by atoms with Crippen LogP contribution in [0, 0.1) is 40.7 Å². The van der Waals surface area contributed by atoms with Crippen LogP contribution in [-0.4, -0.2) is 67.2 Å². The van der Waals surface area contributed by atoms with E-state index in [-0.39, 0.29) is 52.4 Å². The molecule has 1 saturated carbocycles. The van der Waals surface area contributed by atoms with Crippen molar-refractivity contribution in [3.63, 3.8) is 0 Å². The molecular formula is C39H35BrClF6N7O3. The zero-order valence-corrected chi connectivity index (χ0v) is 32.9. The van der Waals surface area contributed by atoms with Crippen molar-refractivity contribution < 1.29 is 41.0 Å². The smallest absolute Gasteiger partial charge is 0.290 e.